The Balaban J connectivity index is 1.35. The van der Waals surface area contributed by atoms with Gasteiger partial charge in [-0.15, -0.1) is 0 Å². The van der Waals surface area contributed by atoms with Gasteiger partial charge in [0.05, 0.1) is 6.42 Å². The molecule has 7 heteroatoms. The van der Waals surface area contributed by atoms with Crippen LogP contribution in [0.2, 0.25) is 0 Å². The zero-order valence-electron chi connectivity index (χ0n) is 28.4. The predicted octanol–water partition coefficient (Wildman–Crippen LogP) is 7.15. The Bertz CT molecular complexity index is 1070. The Morgan fingerprint density at radius 1 is 0.930 bits per heavy atom. The van der Waals surface area contributed by atoms with E-state index < -0.39 is 29.2 Å². The van der Waals surface area contributed by atoms with Gasteiger partial charge in [0.25, 0.3) is 0 Å². The quantitative estimate of drug-likeness (QED) is 0.179. The monoisotopic (exact) mass is 601 g/mol. The molecule has 2 N–H and O–H groups in total. The van der Waals surface area contributed by atoms with Crippen molar-refractivity contribution in [1.29, 1.82) is 0 Å². The van der Waals surface area contributed by atoms with E-state index in [1.807, 2.05) is 20.8 Å². The molecule has 10 atom stereocenters. The average molecular weight is 602 g/mol. The van der Waals surface area contributed by atoms with Gasteiger partial charge in [-0.25, -0.2) is 0 Å². The molecule has 4 aliphatic carbocycles. The van der Waals surface area contributed by atoms with Crippen LogP contribution in [-0.4, -0.2) is 41.3 Å². The highest BCUT2D eigenvalue weighted by Gasteiger charge is 2.59. The summed E-state index contributed by atoms with van der Waals surface area (Å²) in [7, 11) is 0. The summed E-state index contributed by atoms with van der Waals surface area (Å²) in [6.45, 7) is 18.5. The number of nitrogens with two attached hydrogens (primary N) is 1. The van der Waals surface area contributed by atoms with Crippen molar-refractivity contribution >= 4 is 17.9 Å². The second-order valence-corrected chi connectivity index (χ2v) is 16.8. The van der Waals surface area contributed by atoms with Crippen molar-refractivity contribution in [3.8, 4) is 0 Å². The second kappa shape index (κ2) is 12.5. The van der Waals surface area contributed by atoms with Crippen molar-refractivity contribution in [2.24, 2.45) is 52.1 Å². The molecule has 0 aliphatic heterocycles. The molecule has 0 radical (unpaired) electrons. The minimum atomic E-state index is -1.00. The highest BCUT2D eigenvalue weighted by molar-refractivity contribution is 5.82. The number of fused-ring (bicyclic) bond motifs is 5. The number of hydrogen-bond acceptors (Lipinski definition) is 7. The zero-order valence-corrected chi connectivity index (χ0v) is 28.4. The van der Waals surface area contributed by atoms with Crippen molar-refractivity contribution in [3.05, 3.63) is 12.2 Å². The highest BCUT2D eigenvalue weighted by atomic mass is 16.6. The van der Waals surface area contributed by atoms with Gasteiger partial charge in [0.1, 0.15) is 23.3 Å². The van der Waals surface area contributed by atoms with E-state index >= 15 is 0 Å². The van der Waals surface area contributed by atoms with Crippen molar-refractivity contribution in [1.82, 2.24) is 0 Å². The number of allylic oxidation sites excluding steroid dienone is 2. The maximum Gasteiger partial charge on any atom is 0.323 e. The molecule has 4 aliphatic rings. The van der Waals surface area contributed by atoms with Crippen LogP contribution in [0.15, 0.2) is 12.2 Å². The highest BCUT2D eigenvalue weighted by Crippen LogP contribution is 2.66. The smallest absolute Gasteiger partial charge is 0.323 e. The minimum Gasteiger partial charge on any atom is -0.461 e. The fourth-order valence-electron chi connectivity index (χ4n) is 9.47. The maximum absolute atomic E-state index is 12.8. The van der Waals surface area contributed by atoms with Gasteiger partial charge in [0.15, 0.2) is 0 Å². The normalized spacial score (nSPS) is 36.9. The Labute approximate surface area is 260 Å². The van der Waals surface area contributed by atoms with Gasteiger partial charge in [-0.1, -0.05) is 32.9 Å². The fraction of sp³-hybridized carbons (Fsp3) is 0.861. The van der Waals surface area contributed by atoms with Gasteiger partial charge < -0.3 is 19.9 Å². The number of esters is 3. The zero-order chi connectivity index (χ0) is 32.0. The number of carbonyl (C=O) groups excluding carboxylic acids is 3. The summed E-state index contributed by atoms with van der Waals surface area (Å²) < 4.78 is 16.8. The Morgan fingerprint density at radius 2 is 1.58 bits per heavy atom. The standard InChI is InChI=1S/C36H59NO6/c1-22(10-15-30(38)42-33(2,3)4)26-13-14-27-25-12-11-23-20-24(16-18-35(23,8)28(25)17-19-36(26,27)9)41-32(40)29(37)21-31(39)43-34(5,6)7/h17,19,22-29H,10-16,18,20-21,37H2,1-9H3/t22-,23-,24-,25+,26?,27+,28+,29+,35+,36-/m1/s1. The molecule has 7 nitrogen and oxygen atoms in total. The van der Waals surface area contributed by atoms with E-state index in [0.29, 0.717) is 41.9 Å². The number of rotatable bonds is 8. The van der Waals surface area contributed by atoms with Gasteiger partial charge in [-0.3, -0.25) is 14.4 Å². The molecule has 0 amide bonds. The van der Waals surface area contributed by atoms with E-state index in [1.54, 1.807) is 20.8 Å². The summed E-state index contributed by atoms with van der Waals surface area (Å²) in [5.41, 5.74) is 5.37. The molecule has 1 unspecified atom stereocenters. The molecule has 0 heterocycles. The summed E-state index contributed by atoms with van der Waals surface area (Å²) in [4.78, 5) is 37.3. The van der Waals surface area contributed by atoms with Crippen LogP contribution in [0.3, 0.4) is 0 Å². The van der Waals surface area contributed by atoms with Crippen molar-refractivity contribution in [2.75, 3.05) is 0 Å². The number of hydrogen-bond donors (Lipinski definition) is 1. The first-order valence-corrected chi connectivity index (χ1v) is 16.9. The molecule has 0 saturated heterocycles. The first-order valence-electron chi connectivity index (χ1n) is 16.9. The van der Waals surface area contributed by atoms with E-state index in [1.165, 1.54) is 19.3 Å². The van der Waals surface area contributed by atoms with Crippen molar-refractivity contribution in [3.63, 3.8) is 0 Å². The van der Waals surface area contributed by atoms with Crippen LogP contribution in [-0.2, 0) is 28.6 Å². The van der Waals surface area contributed by atoms with E-state index in [-0.39, 0.29) is 29.3 Å². The van der Waals surface area contributed by atoms with Crippen molar-refractivity contribution in [2.45, 2.75) is 150 Å². The first-order chi connectivity index (χ1) is 19.8. The SMILES string of the molecule is C[C@H](CCC(=O)OC(C)(C)C)C1CC[C@H]2[C@@H]3CC[C@@H]4C[C@H](OC(=O)[C@@H](N)CC(=O)OC(C)(C)C)CC[C@]4(C)[C@H]3C=C[C@]12C. The van der Waals surface area contributed by atoms with Gasteiger partial charge in [-0.05, 0) is 139 Å². The summed E-state index contributed by atoms with van der Waals surface area (Å²) in [5, 5.41) is 0. The number of carbonyl (C=O) groups is 3. The minimum absolute atomic E-state index is 0.0872. The molecular formula is C36H59NO6. The van der Waals surface area contributed by atoms with E-state index in [4.69, 9.17) is 19.9 Å². The van der Waals surface area contributed by atoms with Gasteiger partial charge in [0.2, 0.25) is 0 Å². The summed E-state index contributed by atoms with van der Waals surface area (Å²) >= 11 is 0. The topological polar surface area (TPSA) is 105 Å². The van der Waals surface area contributed by atoms with Crippen LogP contribution in [0.4, 0.5) is 0 Å². The predicted molar refractivity (Wildman–Crippen MR) is 168 cm³/mol. The summed E-state index contributed by atoms with van der Waals surface area (Å²) in [5.74, 6) is 2.40. The molecule has 43 heavy (non-hydrogen) atoms. The Hall–Kier alpha value is -1.89. The molecule has 3 saturated carbocycles. The molecule has 0 aromatic carbocycles. The molecule has 0 bridgehead atoms. The van der Waals surface area contributed by atoms with Crippen LogP contribution in [0.5, 0.6) is 0 Å². The van der Waals surface area contributed by atoms with E-state index in [9.17, 15) is 14.4 Å². The lowest BCUT2D eigenvalue weighted by atomic mass is 9.46. The average Bonchev–Trinajstić information content (AvgIpc) is 3.22. The van der Waals surface area contributed by atoms with Crippen LogP contribution in [0.25, 0.3) is 0 Å². The molecule has 3 fully saturated rings. The number of ether oxygens (including phenoxy) is 3. The van der Waals surface area contributed by atoms with Crippen LogP contribution in [0.1, 0.15) is 127 Å². The Morgan fingerprint density at radius 3 is 2.23 bits per heavy atom. The molecule has 4 rings (SSSR count). The summed E-state index contributed by atoms with van der Waals surface area (Å²) in [6, 6.07) is -1.00. The van der Waals surface area contributed by atoms with Gasteiger partial charge in [0, 0.05) is 6.42 Å². The van der Waals surface area contributed by atoms with Gasteiger partial charge in [-0.2, -0.15) is 0 Å². The fourth-order valence-corrected chi connectivity index (χ4v) is 9.47. The first kappa shape index (κ1) is 34.0. The van der Waals surface area contributed by atoms with Crippen LogP contribution in [0, 0.1) is 46.3 Å². The largest absolute Gasteiger partial charge is 0.461 e. The third-order valence-corrected chi connectivity index (χ3v) is 11.4. The van der Waals surface area contributed by atoms with Gasteiger partial charge >= 0.3 is 17.9 Å². The van der Waals surface area contributed by atoms with E-state index in [0.717, 1.165) is 32.1 Å². The Kier molecular flexibility index (Phi) is 9.87. The molecule has 0 aromatic rings. The van der Waals surface area contributed by atoms with E-state index in [2.05, 4.69) is 32.9 Å². The van der Waals surface area contributed by atoms with Crippen LogP contribution < -0.4 is 5.73 Å². The molecular weight excluding hydrogens is 542 g/mol. The third kappa shape index (κ3) is 7.68. The molecule has 244 valence electrons. The molecule has 0 aromatic heterocycles. The van der Waals surface area contributed by atoms with Crippen molar-refractivity contribution < 1.29 is 28.6 Å². The lowest BCUT2D eigenvalue weighted by molar-refractivity contribution is -0.164. The molecule has 0 spiro atoms. The third-order valence-electron chi connectivity index (χ3n) is 11.4. The lowest BCUT2D eigenvalue weighted by Crippen LogP contribution is -2.53. The van der Waals surface area contributed by atoms with Crippen LogP contribution >= 0.6 is 0 Å². The lowest BCUT2D eigenvalue weighted by Gasteiger charge is -2.59. The summed E-state index contributed by atoms with van der Waals surface area (Å²) in [6.07, 6.45) is 13.8. The second-order valence-electron chi connectivity index (χ2n) is 16.8. The maximum atomic E-state index is 12.8.